The Morgan fingerprint density at radius 2 is 2.16 bits per heavy atom. The number of likely N-dealkylation sites (tertiary alicyclic amines) is 1. The molecule has 5 heteroatoms. The number of aryl methyl sites for hydroxylation is 1. The van der Waals surface area contributed by atoms with Crippen LogP contribution in [0.1, 0.15) is 35.9 Å². The number of primary amides is 1. The van der Waals surface area contributed by atoms with Crippen LogP contribution in [0.15, 0.2) is 18.2 Å². The van der Waals surface area contributed by atoms with E-state index in [0.29, 0.717) is 18.8 Å². The van der Waals surface area contributed by atoms with Gasteiger partial charge in [0.25, 0.3) is 5.91 Å². The summed E-state index contributed by atoms with van der Waals surface area (Å²) in [6, 6.07) is 5.36. The molecule has 1 aliphatic rings. The maximum atomic E-state index is 12.4. The van der Waals surface area contributed by atoms with Gasteiger partial charge in [0, 0.05) is 18.8 Å². The van der Waals surface area contributed by atoms with Crippen LogP contribution >= 0.6 is 0 Å². The van der Waals surface area contributed by atoms with Crippen molar-refractivity contribution in [3.05, 3.63) is 29.6 Å². The van der Waals surface area contributed by atoms with Gasteiger partial charge in [-0.1, -0.05) is 6.07 Å². The molecule has 0 spiro atoms. The van der Waals surface area contributed by atoms with E-state index in [0.717, 1.165) is 18.5 Å². The van der Waals surface area contributed by atoms with Crippen molar-refractivity contribution in [2.24, 2.45) is 11.1 Å². The number of amides is 2. The molecule has 1 saturated heterocycles. The number of piperidine rings is 1. The van der Waals surface area contributed by atoms with Gasteiger partial charge in [-0.05, 0) is 38.8 Å². The summed E-state index contributed by atoms with van der Waals surface area (Å²) in [5.41, 5.74) is 6.04. The third kappa shape index (κ3) is 2.75. The van der Waals surface area contributed by atoms with Crippen molar-refractivity contribution in [2.75, 3.05) is 13.1 Å². The number of pyridine rings is 1. The molecule has 0 saturated carbocycles. The lowest BCUT2D eigenvalue weighted by Crippen LogP contribution is -2.50. The highest BCUT2D eigenvalue weighted by Crippen LogP contribution is 2.29. The Balaban J connectivity index is 2.18. The molecule has 102 valence electrons. The van der Waals surface area contributed by atoms with Crippen LogP contribution < -0.4 is 5.73 Å². The molecular formula is C14H19N3O2. The molecule has 0 aromatic carbocycles. The lowest BCUT2D eigenvalue weighted by atomic mass is 9.81. The summed E-state index contributed by atoms with van der Waals surface area (Å²) in [5, 5.41) is 0. The minimum absolute atomic E-state index is 0.129. The van der Waals surface area contributed by atoms with E-state index in [2.05, 4.69) is 4.98 Å². The molecule has 5 nitrogen and oxygen atoms in total. The maximum absolute atomic E-state index is 12.4. The Morgan fingerprint density at radius 3 is 2.79 bits per heavy atom. The van der Waals surface area contributed by atoms with Gasteiger partial charge < -0.3 is 10.6 Å². The summed E-state index contributed by atoms with van der Waals surface area (Å²) in [4.78, 5) is 29.8. The SMILES string of the molecule is Cc1cccc(C(=O)N2CCCC(C)(C(N)=O)C2)n1. The minimum atomic E-state index is -0.627. The van der Waals surface area contributed by atoms with Crippen LogP contribution in [0, 0.1) is 12.3 Å². The summed E-state index contributed by atoms with van der Waals surface area (Å²) in [7, 11) is 0. The molecule has 1 aromatic rings. The Labute approximate surface area is 112 Å². The summed E-state index contributed by atoms with van der Waals surface area (Å²) in [6.45, 7) is 4.69. The molecule has 2 heterocycles. The van der Waals surface area contributed by atoms with Crippen LogP contribution in [0.5, 0.6) is 0 Å². The molecule has 19 heavy (non-hydrogen) atoms. The molecule has 1 fully saturated rings. The number of rotatable bonds is 2. The second kappa shape index (κ2) is 4.99. The standard InChI is InChI=1S/C14H19N3O2/c1-10-5-3-6-11(16-10)12(18)17-8-4-7-14(2,9-17)13(15)19/h3,5-6H,4,7-9H2,1-2H3,(H2,15,19). The number of hydrogen-bond donors (Lipinski definition) is 1. The number of aromatic nitrogens is 1. The van der Waals surface area contributed by atoms with E-state index in [4.69, 9.17) is 5.73 Å². The monoisotopic (exact) mass is 261 g/mol. The molecule has 2 N–H and O–H groups in total. The quantitative estimate of drug-likeness (QED) is 0.866. The Hall–Kier alpha value is -1.91. The lowest BCUT2D eigenvalue weighted by Gasteiger charge is -2.38. The first-order valence-electron chi connectivity index (χ1n) is 6.45. The van der Waals surface area contributed by atoms with Crippen molar-refractivity contribution in [2.45, 2.75) is 26.7 Å². The average molecular weight is 261 g/mol. The minimum Gasteiger partial charge on any atom is -0.369 e. The molecule has 1 aromatic heterocycles. The van der Waals surface area contributed by atoms with Gasteiger partial charge in [-0.3, -0.25) is 9.59 Å². The molecule has 0 bridgehead atoms. The zero-order chi connectivity index (χ0) is 14.0. The van der Waals surface area contributed by atoms with Gasteiger partial charge >= 0.3 is 0 Å². The predicted octanol–water partition coefficient (Wildman–Crippen LogP) is 1.12. The van der Waals surface area contributed by atoms with Crippen molar-refractivity contribution >= 4 is 11.8 Å². The van der Waals surface area contributed by atoms with Crippen molar-refractivity contribution in [1.29, 1.82) is 0 Å². The molecule has 1 atom stereocenters. The van der Waals surface area contributed by atoms with E-state index in [1.54, 1.807) is 11.0 Å². The highest BCUT2D eigenvalue weighted by molar-refractivity contribution is 5.93. The fourth-order valence-electron chi connectivity index (χ4n) is 2.44. The van der Waals surface area contributed by atoms with Crippen LogP contribution in [0.4, 0.5) is 0 Å². The van der Waals surface area contributed by atoms with Gasteiger partial charge in [-0.25, -0.2) is 4.98 Å². The third-order valence-electron chi connectivity index (χ3n) is 3.69. The van der Waals surface area contributed by atoms with Gasteiger partial charge in [0.15, 0.2) is 0 Å². The fourth-order valence-corrected chi connectivity index (χ4v) is 2.44. The van der Waals surface area contributed by atoms with Crippen LogP contribution in [-0.2, 0) is 4.79 Å². The predicted molar refractivity (Wildman–Crippen MR) is 71.4 cm³/mol. The van der Waals surface area contributed by atoms with E-state index in [9.17, 15) is 9.59 Å². The molecule has 0 radical (unpaired) electrons. The van der Waals surface area contributed by atoms with Crippen LogP contribution in [-0.4, -0.2) is 34.8 Å². The van der Waals surface area contributed by atoms with Gasteiger partial charge in [0.1, 0.15) is 5.69 Å². The first kappa shape index (κ1) is 13.5. The van der Waals surface area contributed by atoms with Crippen molar-refractivity contribution in [3.63, 3.8) is 0 Å². The van der Waals surface area contributed by atoms with Gasteiger partial charge in [0.05, 0.1) is 5.41 Å². The van der Waals surface area contributed by atoms with E-state index in [1.807, 2.05) is 26.0 Å². The molecule has 2 rings (SSSR count). The molecule has 1 unspecified atom stereocenters. The normalized spacial score (nSPS) is 23.2. The van der Waals surface area contributed by atoms with Gasteiger partial charge in [-0.15, -0.1) is 0 Å². The Bertz CT molecular complexity index is 515. The average Bonchev–Trinajstić information content (AvgIpc) is 2.38. The molecule has 0 aliphatic carbocycles. The van der Waals surface area contributed by atoms with Gasteiger partial charge in [-0.2, -0.15) is 0 Å². The summed E-state index contributed by atoms with van der Waals surface area (Å²) in [6.07, 6.45) is 1.52. The largest absolute Gasteiger partial charge is 0.369 e. The smallest absolute Gasteiger partial charge is 0.272 e. The van der Waals surface area contributed by atoms with E-state index >= 15 is 0 Å². The van der Waals surface area contributed by atoms with Crippen LogP contribution in [0.3, 0.4) is 0 Å². The fraction of sp³-hybridized carbons (Fsp3) is 0.500. The van der Waals surface area contributed by atoms with Crippen molar-refractivity contribution < 1.29 is 9.59 Å². The van der Waals surface area contributed by atoms with E-state index in [1.165, 1.54) is 0 Å². The first-order valence-corrected chi connectivity index (χ1v) is 6.45. The van der Waals surface area contributed by atoms with Gasteiger partial charge in [0.2, 0.25) is 5.91 Å². The summed E-state index contributed by atoms with van der Waals surface area (Å²) >= 11 is 0. The van der Waals surface area contributed by atoms with Crippen LogP contribution in [0.2, 0.25) is 0 Å². The number of hydrogen-bond acceptors (Lipinski definition) is 3. The molecule has 1 aliphatic heterocycles. The first-order chi connectivity index (χ1) is 8.92. The highest BCUT2D eigenvalue weighted by Gasteiger charge is 2.38. The third-order valence-corrected chi connectivity index (χ3v) is 3.69. The highest BCUT2D eigenvalue weighted by atomic mass is 16.2. The Morgan fingerprint density at radius 1 is 1.42 bits per heavy atom. The zero-order valence-corrected chi connectivity index (χ0v) is 11.3. The van der Waals surface area contributed by atoms with Crippen LogP contribution in [0.25, 0.3) is 0 Å². The summed E-state index contributed by atoms with van der Waals surface area (Å²) in [5.74, 6) is -0.474. The van der Waals surface area contributed by atoms with Crippen molar-refractivity contribution in [3.8, 4) is 0 Å². The molecular weight excluding hydrogens is 242 g/mol. The zero-order valence-electron chi connectivity index (χ0n) is 11.3. The topological polar surface area (TPSA) is 76.3 Å². The number of carbonyl (C=O) groups is 2. The second-order valence-electron chi connectivity index (χ2n) is 5.42. The van der Waals surface area contributed by atoms with E-state index < -0.39 is 5.41 Å². The van der Waals surface area contributed by atoms with E-state index in [-0.39, 0.29) is 11.8 Å². The lowest BCUT2D eigenvalue weighted by molar-refractivity contribution is -0.129. The number of carbonyl (C=O) groups excluding carboxylic acids is 2. The van der Waals surface area contributed by atoms with Crippen molar-refractivity contribution in [1.82, 2.24) is 9.88 Å². The number of nitrogens with two attached hydrogens (primary N) is 1. The number of nitrogens with zero attached hydrogens (tertiary/aromatic N) is 2. The molecule has 2 amide bonds. The maximum Gasteiger partial charge on any atom is 0.272 e. The Kier molecular flexibility index (Phi) is 3.55. The summed E-state index contributed by atoms with van der Waals surface area (Å²) < 4.78 is 0. The second-order valence-corrected chi connectivity index (χ2v) is 5.42.